The number of halogens is 2. The summed E-state index contributed by atoms with van der Waals surface area (Å²) in [7, 11) is 1.47. The van der Waals surface area contributed by atoms with Crippen molar-refractivity contribution in [1.82, 2.24) is 4.98 Å². The summed E-state index contributed by atoms with van der Waals surface area (Å²) >= 11 is 0. The number of aliphatic imine (C=N–C) groups is 1. The molecule has 5 heteroatoms. The molecule has 3 nitrogen and oxygen atoms in total. The average molecular weight is 352 g/mol. The van der Waals surface area contributed by atoms with Crippen LogP contribution in [0.1, 0.15) is 30.5 Å². The fourth-order valence-electron chi connectivity index (χ4n) is 3.28. The average Bonchev–Trinajstić information content (AvgIpc) is 2.64. The molecule has 0 saturated heterocycles. The van der Waals surface area contributed by atoms with Crippen LogP contribution >= 0.6 is 0 Å². The van der Waals surface area contributed by atoms with Gasteiger partial charge in [0.2, 0.25) is 0 Å². The van der Waals surface area contributed by atoms with Crippen LogP contribution in [0.5, 0.6) is 5.75 Å². The van der Waals surface area contributed by atoms with Crippen molar-refractivity contribution >= 4 is 16.6 Å². The van der Waals surface area contributed by atoms with Gasteiger partial charge < -0.3 is 4.74 Å². The van der Waals surface area contributed by atoms with E-state index in [0.29, 0.717) is 17.0 Å². The molecule has 132 valence electrons. The highest BCUT2D eigenvalue weighted by Gasteiger charge is 2.53. The van der Waals surface area contributed by atoms with Gasteiger partial charge in [-0.25, -0.2) is 0 Å². The maximum atomic E-state index is 15.1. The van der Waals surface area contributed by atoms with Crippen molar-refractivity contribution in [3.05, 3.63) is 71.4 Å². The molecule has 0 fully saturated rings. The van der Waals surface area contributed by atoms with Gasteiger partial charge in [0, 0.05) is 28.3 Å². The minimum absolute atomic E-state index is 0.0694. The summed E-state index contributed by atoms with van der Waals surface area (Å²) < 4.78 is 35.3. The molecule has 2 aromatic carbocycles. The molecule has 0 radical (unpaired) electrons. The van der Waals surface area contributed by atoms with E-state index < -0.39 is 11.5 Å². The monoisotopic (exact) mass is 352 g/mol. The van der Waals surface area contributed by atoms with E-state index in [0.717, 1.165) is 16.5 Å². The van der Waals surface area contributed by atoms with Crippen molar-refractivity contribution in [2.75, 3.05) is 7.11 Å². The number of ether oxygens (including phenoxy) is 1. The Labute approximate surface area is 150 Å². The molecule has 0 atom stereocenters. The van der Waals surface area contributed by atoms with Crippen LogP contribution in [0.4, 0.5) is 8.78 Å². The first kappa shape index (κ1) is 16.6. The molecule has 1 aliphatic heterocycles. The number of pyridine rings is 1. The van der Waals surface area contributed by atoms with Gasteiger partial charge in [0.05, 0.1) is 18.3 Å². The Hall–Kier alpha value is -2.82. The number of fused-ring (bicyclic) bond motifs is 2. The first-order chi connectivity index (χ1) is 12.3. The molecule has 26 heavy (non-hydrogen) atoms. The van der Waals surface area contributed by atoms with Gasteiger partial charge in [0.15, 0.2) is 0 Å². The van der Waals surface area contributed by atoms with Crippen molar-refractivity contribution in [2.45, 2.75) is 25.3 Å². The van der Waals surface area contributed by atoms with E-state index in [4.69, 9.17) is 4.74 Å². The molecule has 0 aliphatic carbocycles. The number of nitrogens with zero attached hydrogens (tertiary/aromatic N) is 2. The summed E-state index contributed by atoms with van der Waals surface area (Å²) in [5.41, 5.74) is 0.864. The minimum Gasteiger partial charge on any atom is -0.497 e. The molecule has 3 aromatic rings. The second-order valence-corrected chi connectivity index (χ2v) is 6.92. The molecular formula is C21H18F2N2O. The second kappa shape index (κ2) is 5.59. The molecule has 1 aromatic heterocycles. The molecule has 0 spiro atoms. The predicted octanol–water partition coefficient (Wildman–Crippen LogP) is 4.96. The van der Waals surface area contributed by atoms with E-state index in [1.54, 1.807) is 18.3 Å². The zero-order valence-electron chi connectivity index (χ0n) is 14.8. The Bertz CT molecular complexity index is 1040. The SMILES string of the molecule is COc1ccc2c(c1)C(F)(F)C(C)(C)N=C2c1cnc2ccccc2c1. The highest BCUT2D eigenvalue weighted by Crippen LogP contribution is 2.47. The van der Waals surface area contributed by atoms with Gasteiger partial charge in [0.25, 0.3) is 5.92 Å². The van der Waals surface area contributed by atoms with Crippen LogP contribution in [-0.4, -0.2) is 23.3 Å². The number of hydrogen-bond acceptors (Lipinski definition) is 3. The van der Waals surface area contributed by atoms with Crippen molar-refractivity contribution in [1.29, 1.82) is 0 Å². The maximum Gasteiger partial charge on any atom is 0.298 e. The predicted molar refractivity (Wildman–Crippen MR) is 98.3 cm³/mol. The smallest absolute Gasteiger partial charge is 0.298 e. The Morgan fingerprint density at radius 1 is 1.00 bits per heavy atom. The third-order valence-electron chi connectivity index (χ3n) is 4.84. The van der Waals surface area contributed by atoms with Gasteiger partial charge in [-0.1, -0.05) is 18.2 Å². The van der Waals surface area contributed by atoms with Crippen molar-refractivity contribution in [2.24, 2.45) is 4.99 Å². The third-order valence-corrected chi connectivity index (χ3v) is 4.84. The van der Waals surface area contributed by atoms with Crippen LogP contribution in [0.15, 0.2) is 59.7 Å². The summed E-state index contributed by atoms with van der Waals surface area (Å²) in [4.78, 5) is 8.88. The van der Waals surface area contributed by atoms with Gasteiger partial charge in [0.1, 0.15) is 11.3 Å². The van der Waals surface area contributed by atoms with E-state index >= 15 is 8.78 Å². The third kappa shape index (κ3) is 2.38. The molecule has 0 unspecified atom stereocenters. The summed E-state index contributed by atoms with van der Waals surface area (Å²) in [6.07, 6.45) is 1.69. The van der Waals surface area contributed by atoms with Crippen molar-refractivity contribution < 1.29 is 13.5 Å². The number of benzene rings is 2. The standard InChI is InChI=1S/C21H18F2N2O/c1-20(2)21(22,23)17-11-15(26-3)8-9-16(17)19(25-20)14-10-13-6-4-5-7-18(13)24-12-14/h4-12H,1-3H3. The molecule has 2 heterocycles. The largest absolute Gasteiger partial charge is 0.497 e. The van der Waals surface area contributed by atoms with Crippen LogP contribution in [0.25, 0.3) is 10.9 Å². The molecular weight excluding hydrogens is 334 g/mol. The van der Waals surface area contributed by atoms with Crippen LogP contribution in [-0.2, 0) is 5.92 Å². The number of aromatic nitrogens is 1. The number of alkyl halides is 2. The first-order valence-electron chi connectivity index (χ1n) is 8.35. The van der Waals surface area contributed by atoms with E-state index in [1.807, 2.05) is 30.3 Å². The zero-order chi connectivity index (χ0) is 18.5. The lowest BCUT2D eigenvalue weighted by molar-refractivity contribution is -0.0683. The molecule has 1 aliphatic rings. The number of methoxy groups -OCH3 is 1. The van der Waals surface area contributed by atoms with E-state index in [9.17, 15) is 0 Å². The highest BCUT2D eigenvalue weighted by atomic mass is 19.3. The Balaban J connectivity index is 1.97. The van der Waals surface area contributed by atoms with Gasteiger partial charge in [-0.15, -0.1) is 0 Å². The lowest BCUT2D eigenvalue weighted by Gasteiger charge is -2.37. The van der Waals surface area contributed by atoms with E-state index in [-0.39, 0.29) is 5.56 Å². The quantitative estimate of drug-likeness (QED) is 0.653. The lowest BCUT2D eigenvalue weighted by Crippen LogP contribution is -2.44. The molecule has 0 N–H and O–H groups in total. The first-order valence-corrected chi connectivity index (χ1v) is 8.35. The van der Waals surface area contributed by atoms with Gasteiger partial charge in [-0.2, -0.15) is 8.78 Å². The van der Waals surface area contributed by atoms with Crippen LogP contribution < -0.4 is 4.74 Å². The Morgan fingerprint density at radius 3 is 2.54 bits per heavy atom. The van der Waals surface area contributed by atoms with E-state index in [1.165, 1.54) is 27.0 Å². The van der Waals surface area contributed by atoms with Gasteiger partial charge in [-0.3, -0.25) is 9.98 Å². The molecule has 0 bridgehead atoms. The number of hydrogen-bond donors (Lipinski definition) is 0. The number of rotatable bonds is 2. The van der Waals surface area contributed by atoms with Crippen LogP contribution in [0, 0.1) is 0 Å². The van der Waals surface area contributed by atoms with Crippen molar-refractivity contribution in [3.63, 3.8) is 0 Å². The van der Waals surface area contributed by atoms with E-state index in [2.05, 4.69) is 9.98 Å². The fourth-order valence-corrected chi connectivity index (χ4v) is 3.28. The Kier molecular flexibility index (Phi) is 3.58. The topological polar surface area (TPSA) is 34.5 Å². The normalized spacial score (nSPS) is 17.5. The molecule has 0 amide bonds. The maximum absolute atomic E-state index is 15.1. The molecule has 4 rings (SSSR count). The molecule has 0 saturated carbocycles. The Morgan fingerprint density at radius 2 is 1.77 bits per heavy atom. The number of para-hydroxylation sites is 1. The minimum atomic E-state index is -3.11. The highest BCUT2D eigenvalue weighted by molar-refractivity contribution is 6.15. The van der Waals surface area contributed by atoms with Crippen molar-refractivity contribution in [3.8, 4) is 5.75 Å². The summed E-state index contributed by atoms with van der Waals surface area (Å²) in [6.45, 7) is 2.90. The van der Waals surface area contributed by atoms with Gasteiger partial charge in [-0.05, 0) is 44.2 Å². The second-order valence-electron chi connectivity index (χ2n) is 6.92. The zero-order valence-corrected chi connectivity index (χ0v) is 14.8. The van der Waals surface area contributed by atoms with Crippen LogP contribution in [0.2, 0.25) is 0 Å². The van der Waals surface area contributed by atoms with Gasteiger partial charge >= 0.3 is 0 Å². The summed E-state index contributed by atoms with van der Waals surface area (Å²) in [6, 6.07) is 14.4. The van der Waals surface area contributed by atoms with Crippen LogP contribution in [0.3, 0.4) is 0 Å². The summed E-state index contributed by atoms with van der Waals surface area (Å²) in [5, 5.41) is 0.943. The lowest BCUT2D eigenvalue weighted by atomic mass is 9.81. The summed E-state index contributed by atoms with van der Waals surface area (Å²) in [5.74, 6) is -2.71. The fraction of sp³-hybridized carbons (Fsp3) is 0.238.